The van der Waals surface area contributed by atoms with E-state index in [4.69, 9.17) is 4.74 Å². The summed E-state index contributed by atoms with van der Waals surface area (Å²) in [6, 6.07) is 0.787. The highest BCUT2D eigenvalue weighted by atomic mass is 16.5. The number of nitrogens with one attached hydrogen (secondary N) is 1. The SMILES string of the molecule is CCN1CCCC1CN(C)CCCOC1CCNCC1. The molecular formula is C16H33N3O. The Balaban J connectivity index is 1.52. The number of piperidine rings is 1. The molecule has 2 heterocycles. The summed E-state index contributed by atoms with van der Waals surface area (Å²) in [5.74, 6) is 0. The molecule has 0 amide bonds. The van der Waals surface area contributed by atoms with Crippen molar-refractivity contribution in [2.45, 2.75) is 51.2 Å². The quantitative estimate of drug-likeness (QED) is 0.684. The van der Waals surface area contributed by atoms with Crippen LogP contribution in [0.15, 0.2) is 0 Å². The summed E-state index contributed by atoms with van der Waals surface area (Å²) in [7, 11) is 2.26. The van der Waals surface area contributed by atoms with Crippen molar-refractivity contribution < 1.29 is 4.74 Å². The van der Waals surface area contributed by atoms with Crippen molar-refractivity contribution in [3.8, 4) is 0 Å². The van der Waals surface area contributed by atoms with Gasteiger partial charge in [-0.1, -0.05) is 6.92 Å². The first-order valence-electron chi connectivity index (χ1n) is 8.54. The molecule has 0 spiro atoms. The van der Waals surface area contributed by atoms with Gasteiger partial charge >= 0.3 is 0 Å². The first-order valence-corrected chi connectivity index (χ1v) is 8.54. The third-order valence-electron chi connectivity index (χ3n) is 4.75. The Labute approximate surface area is 124 Å². The van der Waals surface area contributed by atoms with E-state index in [1.165, 1.54) is 58.3 Å². The molecule has 2 aliphatic heterocycles. The highest BCUT2D eigenvalue weighted by Gasteiger charge is 2.23. The smallest absolute Gasteiger partial charge is 0.0599 e. The van der Waals surface area contributed by atoms with Crippen LogP contribution in [0.1, 0.15) is 39.0 Å². The second-order valence-electron chi connectivity index (χ2n) is 6.36. The van der Waals surface area contributed by atoms with Crippen LogP contribution >= 0.6 is 0 Å². The predicted octanol–water partition coefficient (Wildman–Crippen LogP) is 1.56. The first kappa shape index (κ1) is 16.2. The van der Waals surface area contributed by atoms with Gasteiger partial charge in [-0.15, -0.1) is 0 Å². The van der Waals surface area contributed by atoms with Gasteiger partial charge in [0.1, 0.15) is 0 Å². The lowest BCUT2D eigenvalue weighted by atomic mass is 10.1. The third-order valence-corrected chi connectivity index (χ3v) is 4.75. The maximum atomic E-state index is 5.97. The number of nitrogens with zero attached hydrogens (tertiary/aromatic N) is 2. The van der Waals surface area contributed by atoms with Crippen LogP contribution < -0.4 is 5.32 Å². The molecule has 0 aromatic carbocycles. The molecule has 1 N–H and O–H groups in total. The molecule has 2 aliphatic rings. The fourth-order valence-corrected chi connectivity index (χ4v) is 3.52. The molecule has 118 valence electrons. The molecule has 1 atom stereocenters. The van der Waals surface area contributed by atoms with Gasteiger partial charge in [-0.2, -0.15) is 0 Å². The first-order chi connectivity index (χ1) is 9.79. The summed E-state index contributed by atoms with van der Waals surface area (Å²) >= 11 is 0. The van der Waals surface area contributed by atoms with E-state index in [1.54, 1.807) is 0 Å². The summed E-state index contributed by atoms with van der Waals surface area (Å²) in [6.45, 7) is 10.4. The van der Waals surface area contributed by atoms with Crippen LogP contribution in [-0.4, -0.2) is 74.9 Å². The van der Waals surface area contributed by atoms with Gasteiger partial charge in [0.15, 0.2) is 0 Å². The zero-order valence-electron chi connectivity index (χ0n) is 13.4. The molecule has 0 aliphatic carbocycles. The summed E-state index contributed by atoms with van der Waals surface area (Å²) in [6.07, 6.45) is 6.80. The molecule has 2 saturated heterocycles. The number of rotatable bonds is 8. The van der Waals surface area contributed by atoms with Crippen LogP contribution in [0.3, 0.4) is 0 Å². The minimum absolute atomic E-state index is 0.506. The molecule has 0 aromatic heterocycles. The van der Waals surface area contributed by atoms with Crippen molar-refractivity contribution in [1.82, 2.24) is 15.1 Å². The normalized spacial score (nSPS) is 25.6. The van der Waals surface area contributed by atoms with Crippen molar-refractivity contribution in [2.75, 3.05) is 52.9 Å². The van der Waals surface area contributed by atoms with E-state index < -0.39 is 0 Å². The van der Waals surface area contributed by atoms with E-state index in [9.17, 15) is 0 Å². The fraction of sp³-hybridized carbons (Fsp3) is 1.00. The van der Waals surface area contributed by atoms with Crippen LogP contribution in [0, 0.1) is 0 Å². The van der Waals surface area contributed by atoms with Gasteiger partial charge in [-0.3, -0.25) is 4.90 Å². The van der Waals surface area contributed by atoms with Gasteiger partial charge in [0, 0.05) is 25.7 Å². The number of ether oxygens (including phenoxy) is 1. The number of likely N-dealkylation sites (N-methyl/N-ethyl adjacent to an activating group) is 2. The van der Waals surface area contributed by atoms with Crippen LogP contribution in [-0.2, 0) is 4.74 Å². The maximum Gasteiger partial charge on any atom is 0.0599 e. The van der Waals surface area contributed by atoms with Gasteiger partial charge in [0.25, 0.3) is 0 Å². The van der Waals surface area contributed by atoms with Gasteiger partial charge in [-0.05, 0) is 65.3 Å². The molecule has 0 bridgehead atoms. The molecule has 1 unspecified atom stereocenters. The summed E-state index contributed by atoms with van der Waals surface area (Å²) < 4.78 is 5.97. The molecule has 2 fully saturated rings. The minimum atomic E-state index is 0.506. The van der Waals surface area contributed by atoms with E-state index in [1.807, 2.05) is 0 Å². The molecule has 0 aromatic rings. The van der Waals surface area contributed by atoms with E-state index >= 15 is 0 Å². The Morgan fingerprint density at radius 3 is 2.80 bits per heavy atom. The summed E-state index contributed by atoms with van der Waals surface area (Å²) in [5.41, 5.74) is 0. The fourth-order valence-electron chi connectivity index (χ4n) is 3.52. The van der Waals surface area contributed by atoms with Crippen molar-refractivity contribution in [3.05, 3.63) is 0 Å². The Morgan fingerprint density at radius 1 is 1.25 bits per heavy atom. The van der Waals surface area contributed by atoms with Crippen LogP contribution in [0.4, 0.5) is 0 Å². The van der Waals surface area contributed by atoms with Gasteiger partial charge in [0.05, 0.1) is 6.10 Å². The Hall–Kier alpha value is -0.160. The van der Waals surface area contributed by atoms with Crippen molar-refractivity contribution in [2.24, 2.45) is 0 Å². The van der Waals surface area contributed by atoms with E-state index in [-0.39, 0.29) is 0 Å². The Kier molecular flexibility index (Phi) is 7.28. The standard InChI is InChI=1S/C16H33N3O/c1-3-19-12-4-6-15(19)14-18(2)11-5-13-20-16-7-9-17-10-8-16/h15-17H,3-14H2,1-2H3. The van der Waals surface area contributed by atoms with Crippen molar-refractivity contribution >= 4 is 0 Å². The molecule has 20 heavy (non-hydrogen) atoms. The van der Waals surface area contributed by atoms with Crippen LogP contribution in [0.5, 0.6) is 0 Å². The molecule has 4 heteroatoms. The van der Waals surface area contributed by atoms with Crippen molar-refractivity contribution in [3.63, 3.8) is 0 Å². The zero-order valence-corrected chi connectivity index (χ0v) is 13.4. The number of hydrogen-bond acceptors (Lipinski definition) is 4. The average Bonchev–Trinajstić information content (AvgIpc) is 2.92. The number of likely N-dealkylation sites (tertiary alicyclic amines) is 1. The molecule has 2 rings (SSSR count). The average molecular weight is 283 g/mol. The molecule has 4 nitrogen and oxygen atoms in total. The van der Waals surface area contributed by atoms with E-state index in [0.29, 0.717) is 6.10 Å². The molecular weight excluding hydrogens is 250 g/mol. The maximum absolute atomic E-state index is 5.97. The Bertz CT molecular complexity index is 256. The number of hydrogen-bond donors (Lipinski definition) is 1. The predicted molar refractivity (Wildman–Crippen MR) is 84.2 cm³/mol. The second-order valence-corrected chi connectivity index (χ2v) is 6.36. The van der Waals surface area contributed by atoms with Gasteiger partial charge in [0.2, 0.25) is 0 Å². The summed E-state index contributed by atoms with van der Waals surface area (Å²) in [4.78, 5) is 5.12. The highest BCUT2D eigenvalue weighted by Crippen LogP contribution is 2.17. The highest BCUT2D eigenvalue weighted by molar-refractivity contribution is 4.80. The minimum Gasteiger partial charge on any atom is -0.378 e. The largest absolute Gasteiger partial charge is 0.378 e. The van der Waals surface area contributed by atoms with Crippen LogP contribution in [0.2, 0.25) is 0 Å². The van der Waals surface area contributed by atoms with E-state index in [0.717, 1.165) is 25.7 Å². The molecule has 0 saturated carbocycles. The Morgan fingerprint density at radius 2 is 2.05 bits per heavy atom. The van der Waals surface area contributed by atoms with Gasteiger partial charge in [-0.25, -0.2) is 0 Å². The van der Waals surface area contributed by atoms with Crippen LogP contribution in [0.25, 0.3) is 0 Å². The second kappa shape index (κ2) is 8.98. The lowest BCUT2D eigenvalue weighted by Crippen LogP contribution is -2.39. The summed E-state index contributed by atoms with van der Waals surface area (Å²) in [5, 5.41) is 3.38. The third kappa shape index (κ3) is 5.32. The topological polar surface area (TPSA) is 27.7 Å². The monoisotopic (exact) mass is 283 g/mol. The lowest BCUT2D eigenvalue weighted by molar-refractivity contribution is 0.0279. The van der Waals surface area contributed by atoms with Gasteiger partial charge < -0.3 is 15.0 Å². The van der Waals surface area contributed by atoms with E-state index in [2.05, 4.69) is 29.1 Å². The van der Waals surface area contributed by atoms with Crippen molar-refractivity contribution in [1.29, 1.82) is 0 Å². The molecule has 0 radical (unpaired) electrons. The lowest BCUT2D eigenvalue weighted by Gasteiger charge is -2.28. The zero-order chi connectivity index (χ0) is 14.2.